The van der Waals surface area contributed by atoms with Gasteiger partial charge in [0.1, 0.15) is 6.29 Å². The molecule has 1 aliphatic heterocycles. The van der Waals surface area contributed by atoms with E-state index in [0.29, 0.717) is 12.7 Å². The first-order chi connectivity index (χ1) is 14.1. The van der Waals surface area contributed by atoms with Crippen LogP contribution in [0, 0.1) is 0 Å². The molecule has 1 fully saturated rings. The quantitative estimate of drug-likeness (QED) is 0.672. The predicted octanol–water partition coefficient (Wildman–Crippen LogP) is 3.08. The second kappa shape index (κ2) is 10.2. The number of carboxylic acid groups (broad SMARTS) is 1. The van der Waals surface area contributed by atoms with E-state index in [1.165, 1.54) is 21.6 Å². The summed E-state index contributed by atoms with van der Waals surface area (Å²) in [7, 11) is 1.90. The molecule has 2 aromatic rings. The number of nitrogens with zero attached hydrogens (tertiary/aromatic N) is 2. The van der Waals surface area contributed by atoms with Gasteiger partial charge < -0.3 is 15.2 Å². The number of rotatable bonds is 8. The summed E-state index contributed by atoms with van der Waals surface area (Å²) in [6, 6.07) is 18.9. The van der Waals surface area contributed by atoms with Crippen molar-refractivity contribution in [1.29, 1.82) is 0 Å². The standard InChI is InChI=1S/C23H29N3O3/c1-24-22-17-21(26(15-16-27)23(28)29)12-14-25(22)13-11-18-7-9-20(10-8-18)19-5-3-2-4-6-19/h2-10,16,21-22,24H,11-15,17H2,1H3,(H,28,29). The van der Waals surface area contributed by atoms with Crippen molar-refractivity contribution in [3.05, 3.63) is 60.2 Å². The molecule has 0 aliphatic carbocycles. The number of carbonyl (C=O) groups excluding carboxylic acids is 1. The Morgan fingerprint density at radius 2 is 1.86 bits per heavy atom. The van der Waals surface area contributed by atoms with E-state index >= 15 is 0 Å². The third-order valence-electron chi connectivity index (χ3n) is 5.73. The summed E-state index contributed by atoms with van der Waals surface area (Å²) in [5.41, 5.74) is 3.72. The third-order valence-corrected chi connectivity index (χ3v) is 5.73. The van der Waals surface area contributed by atoms with Crippen molar-refractivity contribution in [1.82, 2.24) is 15.1 Å². The maximum atomic E-state index is 11.4. The van der Waals surface area contributed by atoms with Gasteiger partial charge in [0.25, 0.3) is 0 Å². The predicted molar refractivity (Wildman–Crippen MR) is 114 cm³/mol. The van der Waals surface area contributed by atoms with E-state index in [-0.39, 0.29) is 18.8 Å². The molecule has 2 aromatic carbocycles. The van der Waals surface area contributed by atoms with Crippen LogP contribution in [-0.4, -0.2) is 66.2 Å². The van der Waals surface area contributed by atoms with Crippen LogP contribution < -0.4 is 5.32 Å². The fourth-order valence-electron chi connectivity index (χ4n) is 4.08. The molecule has 0 radical (unpaired) electrons. The van der Waals surface area contributed by atoms with Crippen LogP contribution in [0.25, 0.3) is 11.1 Å². The zero-order valence-electron chi connectivity index (χ0n) is 16.8. The molecule has 154 valence electrons. The average molecular weight is 396 g/mol. The highest BCUT2D eigenvalue weighted by molar-refractivity contribution is 5.69. The molecule has 1 aliphatic rings. The number of carbonyl (C=O) groups is 2. The molecule has 2 N–H and O–H groups in total. The molecule has 6 nitrogen and oxygen atoms in total. The fraction of sp³-hybridized carbons (Fsp3) is 0.391. The number of amides is 1. The lowest BCUT2D eigenvalue weighted by molar-refractivity contribution is -0.109. The Morgan fingerprint density at radius 1 is 1.17 bits per heavy atom. The Kier molecular flexibility index (Phi) is 7.38. The molecular formula is C23H29N3O3. The summed E-state index contributed by atoms with van der Waals surface area (Å²) in [5, 5.41) is 12.7. The van der Waals surface area contributed by atoms with Crippen molar-refractivity contribution in [3.8, 4) is 11.1 Å². The number of aldehydes is 1. The van der Waals surface area contributed by atoms with E-state index in [0.717, 1.165) is 25.9 Å². The van der Waals surface area contributed by atoms with Crippen LogP contribution >= 0.6 is 0 Å². The summed E-state index contributed by atoms with van der Waals surface area (Å²) in [5.74, 6) is 0. The van der Waals surface area contributed by atoms with Gasteiger partial charge in [0.2, 0.25) is 0 Å². The zero-order chi connectivity index (χ0) is 20.6. The van der Waals surface area contributed by atoms with Gasteiger partial charge in [-0.2, -0.15) is 0 Å². The molecule has 0 spiro atoms. The topological polar surface area (TPSA) is 72.9 Å². The molecule has 0 aromatic heterocycles. The highest BCUT2D eigenvalue weighted by Gasteiger charge is 2.32. The van der Waals surface area contributed by atoms with Crippen LogP contribution in [0.2, 0.25) is 0 Å². The lowest BCUT2D eigenvalue weighted by Gasteiger charge is -2.42. The minimum absolute atomic E-state index is 0.0653. The van der Waals surface area contributed by atoms with Crippen LogP contribution in [0.1, 0.15) is 18.4 Å². The smallest absolute Gasteiger partial charge is 0.407 e. The Labute approximate surface area is 172 Å². The summed E-state index contributed by atoms with van der Waals surface area (Å²) in [6.07, 6.45) is 2.10. The van der Waals surface area contributed by atoms with Gasteiger partial charge in [-0.15, -0.1) is 0 Å². The van der Waals surface area contributed by atoms with E-state index in [1.54, 1.807) is 0 Å². The largest absolute Gasteiger partial charge is 0.465 e. The van der Waals surface area contributed by atoms with Gasteiger partial charge in [-0.3, -0.25) is 9.80 Å². The van der Waals surface area contributed by atoms with Crippen LogP contribution in [-0.2, 0) is 11.2 Å². The van der Waals surface area contributed by atoms with Gasteiger partial charge in [-0.05, 0) is 43.0 Å². The van der Waals surface area contributed by atoms with E-state index in [1.807, 2.05) is 25.2 Å². The number of piperidine rings is 1. The second-order valence-electron chi connectivity index (χ2n) is 7.43. The maximum absolute atomic E-state index is 11.4. The van der Waals surface area contributed by atoms with Gasteiger partial charge in [0, 0.05) is 19.1 Å². The van der Waals surface area contributed by atoms with Crippen LogP contribution in [0.5, 0.6) is 0 Å². The average Bonchev–Trinajstić information content (AvgIpc) is 2.76. The van der Waals surface area contributed by atoms with Crippen molar-refractivity contribution in [3.63, 3.8) is 0 Å². The molecule has 2 atom stereocenters. The zero-order valence-corrected chi connectivity index (χ0v) is 16.8. The lowest BCUT2D eigenvalue weighted by Crippen LogP contribution is -2.56. The Balaban J connectivity index is 1.56. The molecule has 1 heterocycles. The van der Waals surface area contributed by atoms with Gasteiger partial charge >= 0.3 is 6.09 Å². The highest BCUT2D eigenvalue weighted by atomic mass is 16.4. The van der Waals surface area contributed by atoms with Gasteiger partial charge in [-0.25, -0.2) is 4.79 Å². The molecule has 1 saturated heterocycles. The minimum Gasteiger partial charge on any atom is -0.465 e. The molecule has 29 heavy (non-hydrogen) atoms. The van der Waals surface area contributed by atoms with Gasteiger partial charge in [0.05, 0.1) is 12.7 Å². The van der Waals surface area contributed by atoms with Crippen molar-refractivity contribution in [2.24, 2.45) is 0 Å². The number of likely N-dealkylation sites (tertiary alicyclic amines) is 1. The first kappa shape index (κ1) is 21.0. The lowest BCUT2D eigenvalue weighted by atomic mass is 9.99. The molecular weight excluding hydrogens is 366 g/mol. The van der Waals surface area contributed by atoms with Crippen molar-refractivity contribution in [2.75, 3.05) is 26.7 Å². The molecule has 0 saturated carbocycles. The van der Waals surface area contributed by atoms with Gasteiger partial charge in [-0.1, -0.05) is 54.6 Å². The minimum atomic E-state index is -1.02. The number of hydrogen-bond donors (Lipinski definition) is 2. The van der Waals surface area contributed by atoms with Crippen molar-refractivity contribution >= 4 is 12.4 Å². The normalized spacial score (nSPS) is 19.6. The third kappa shape index (κ3) is 5.43. The number of benzene rings is 2. The van der Waals surface area contributed by atoms with E-state index in [4.69, 9.17) is 0 Å². The first-order valence-corrected chi connectivity index (χ1v) is 10.1. The maximum Gasteiger partial charge on any atom is 0.407 e. The number of nitrogens with one attached hydrogen (secondary N) is 1. The van der Waals surface area contributed by atoms with Gasteiger partial charge in [0.15, 0.2) is 0 Å². The van der Waals surface area contributed by atoms with Crippen molar-refractivity contribution in [2.45, 2.75) is 31.5 Å². The molecule has 1 amide bonds. The van der Waals surface area contributed by atoms with Crippen LogP contribution in [0.3, 0.4) is 0 Å². The van der Waals surface area contributed by atoms with Crippen molar-refractivity contribution < 1.29 is 14.7 Å². The monoisotopic (exact) mass is 395 g/mol. The second-order valence-corrected chi connectivity index (χ2v) is 7.43. The Morgan fingerprint density at radius 3 is 2.48 bits per heavy atom. The molecule has 6 heteroatoms. The summed E-state index contributed by atoms with van der Waals surface area (Å²) < 4.78 is 0. The van der Waals surface area contributed by atoms with E-state index in [9.17, 15) is 14.7 Å². The summed E-state index contributed by atoms with van der Waals surface area (Å²) in [4.78, 5) is 25.9. The SMILES string of the molecule is CNC1CC(N(CC=O)C(=O)O)CCN1CCc1ccc(-c2ccccc2)cc1. The Bertz CT molecular complexity index is 795. The molecule has 0 bridgehead atoms. The molecule has 2 unspecified atom stereocenters. The van der Waals surface area contributed by atoms with Crippen LogP contribution in [0.15, 0.2) is 54.6 Å². The Hall–Kier alpha value is -2.70. The molecule has 3 rings (SSSR count). The fourth-order valence-corrected chi connectivity index (χ4v) is 4.08. The van der Waals surface area contributed by atoms with E-state index in [2.05, 4.69) is 46.6 Å². The summed E-state index contributed by atoms with van der Waals surface area (Å²) in [6.45, 7) is 1.65. The summed E-state index contributed by atoms with van der Waals surface area (Å²) >= 11 is 0. The van der Waals surface area contributed by atoms with E-state index < -0.39 is 6.09 Å². The van der Waals surface area contributed by atoms with Crippen LogP contribution in [0.4, 0.5) is 4.79 Å². The first-order valence-electron chi connectivity index (χ1n) is 10.1. The highest BCUT2D eigenvalue weighted by Crippen LogP contribution is 2.22. The number of hydrogen-bond acceptors (Lipinski definition) is 4.